The molecule has 1 rings (SSSR count). The fraction of sp³-hybridized carbons (Fsp3) is 0.500. The maximum atomic E-state index is 8.77. The lowest BCUT2D eigenvalue weighted by atomic mass is 10.1. The summed E-state index contributed by atoms with van der Waals surface area (Å²) in [5, 5.41) is 8.77. The minimum atomic E-state index is 0.115. The van der Waals surface area contributed by atoms with Crippen molar-refractivity contribution in [1.29, 1.82) is 0 Å². The van der Waals surface area contributed by atoms with E-state index in [2.05, 4.69) is 29.7 Å². The normalized spacial score (nSPS) is 10.3. The summed E-state index contributed by atoms with van der Waals surface area (Å²) < 4.78 is 5.12. The predicted octanol–water partition coefficient (Wildman–Crippen LogP) is 1.89. The van der Waals surface area contributed by atoms with Crippen LogP contribution in [0.1, 0.15) is 24.5 Å². The van der Waals surface area contributed by atoms with Gasteiger partial charge in [0.2, 0.25) is 0 Å². The van der Waals surface area contributed by atoms with Crippen LogP contribution in [0, 0.1) is 11.8 Å². The van der Waals surface area contributed by atoms with Gasteiger partial charge in [-0.1, -0.05) is 37.0 Å². The van der Waals surface area contributed by atoms with E-state index >= 15 is 0 Å². The Morgan fingerprint density at radius 3 is 2.79 bits per heavy atom. The number of hydrogen-bond donors (Lipinski definition) is 1. The van der Waals surface area contributed by atoms with Crippen LogP contribution >= 0.6 is 0 Å². The second-order valence-electron chi connectivity index (χ2n) is 4.29. The summed E-state index contributed by atoms with van der Waals surface area (Å²) in [5.41, 5.74) is 2.28. The van der Waals surface area contributed by atoms with Crippen molar-refractivity contribution in [3.05, 3.63) is 35.4 Å². The van der Waals surface area contributed by atoms with Crippen molar-refractivity contribution in [3.8, 4) is 11.8 Å². The molecule has 3 nitrogen and oxygen atoms in total. The van der Waals surface area contributed by atoms with E-state index in [0.717, 1.165) is 31.8 Å². The van der Waals surface area contributed by atoms with Crippen LogP contribution in [-0.2, 0) is 11.3 Å². The third kappa shape index (κ3) is 5.89. The third-order valence-electron chi connectivity index (χ3n) is 2.93. The van der Waals surface area contributed by atoms with Crippen molar-refractivity contribution >= 4 is 0 Å². The van der Waals surface area contributed by atoms with E-state index < -0.39 is 0 Å². The summed E-state index contributed by atoms with van der Waals surface area (Å²) in [5.74, 6) is 6.11. The highest BCUT2D eigenvalue weighted by atomic mass is 16.5. The van der Waals surface area contributed by atoms with Gasteiger partial charge in [0.05, 0.1) is 13.2 Å². The average molecular weight is 261 g/mol. The van der Waals surface area contributed by atoms with Crippen LogP contribution in [0.3, 0.4) is 0 Å². The van der Waals surface area contributed by atoms with Crippen molar-refractivity contribution in [1.82, 2.24) is 4.90 Å². The highest BCUT2D eigenvalue weighted by molar-refractivity contribution is 5.41. The molecule has 19 heavy (non-hydrogen) atoms. The Bertz CT molecular complexity index is 420. The molecule has 1 N–H and O–H groups in total. The van der Waals surface area contributed by atoms with E-state index in [4.69, 9.17) is 9.84 Å². The zero-order chi connectivity index (χ0) is 13.9. The molecule has 1 aromatic carbocycles. The fourth-order valence-corrected chi connectivity index (χ4v) is 1.80. The zero-order valence-corrected chi connectivity index (χ0v) is 11.9. The molecule has 0 aliphatic rings. The second kappa shape index (κ2) is 9.57. The van der Waals surface area contributed by atoms with Gasteiger partial charge in [-0.25, -0.2) is 0 Å². The molecule has 0 heterocycles. The number of likely N-dealkylation sites (N-methyl/N-ethyl adjacent to an activating group) is 1. The molecule has 0 amide bonds. The van der Waals surface area contributed by atoms with Gasteiger partial charge in [0.15, 0.2) is 0 Å². The molecule has 0 saturated heterocycles. The van der Waals surface area contributed by atoms with Crippen LogP contribution in [0.4, 0.5) is 0 Å². The van der Waals surface area contributed by atoms with E-state index in [1.807, 2.05) is 18.2 Å². The third-order valence-corrected chi connectivity index (χ3v) is 2.93. The van der Waals surface area contributed by atoms with Crippen LogP contribution in [0.25, 0.3) is 0 Å². The number of aliphatic hydroxyl groups is 1. The number of methoxy groups -OCH3 is 1. The smallest absolute Gasteiger partial charge is 0.0589 e. The maximum absolute atomic E-state index is 8.77. The molecule has 3 heteroatoms. The Morgan fingerprint density at radius 1 is 1.32 bits per heavy atom. The van der Waals surface area contributed by atoms with Gasteiger partial charge in [0.1, 0.15) is 0 Å². The van der Waals surface area contributed by atoms with Crippen molar-refractivity contribution in [3.63, 3.8) is 0 Å². The second-order valence-corrected chi connectivity index (χ2v) is 4.29. The SMILES string of the molecule is CCN(CCOC)Cc1ccccc1C#CCCO. The van der Waals surface area contributed by atoms with Gasteiger partial charge in [0, 0.05) is 32.2 Å². The summed E-state index contributed by atoms with van der Waals surface area (Å²) in [6.07, 6.45) is 0.523. The maximum Gasteiger partial charge on any atom is 0.0589 e. The molecule has 104 valence electrons. The van der Waals surface area contributed by atoms with Crippen LogP contribution in [-0.4, -0.2) is 43.4 Å². The van der Waals surface area contributed by atoms with E-state index in [9.17, 15) is 0 Å². The molecule has 0 radical (unpaired) electrons. The van der Waals surface area contributed by atoms with Gasteiger partial charge in [-0.05, 0) is 18.2 Å². The molecule has 0 saturated carbocycles. The van der Waals surface area contributed by atoms with Gasteiger partial charge >= 0.3 is 0 Å². The number of aliphatic hydroxyl groups excluding tert-OH is 1. The largest absolute Gasteiger partial charge is 0.395 e. The van der Waals surface area contributed by atoms with Crippen LogP contribution in [0.15, 0.2) is 24.3 Å². The van der Waals surface area contributed by atoms with Crippen LogP contribution in [0.5, 0.6) is 0 Å². The molecule has 1 aromatic rings. The van der Waals surface area contributed by atoms with Gasteiger partial charge < -0.3 is 9.84 Å². The average Bonchev–Trinajstić information content (AvgIpc) is 2.45. The lowest BCUT2D eigenvalue weighted by molar-refractivity contribution is 0.147. The lowest BCUT2D eigenvalue weighted by Crippen LogP contribution is -2.27. The first-order valence-electron chi connectivity index (χ1n) is 6.70. The summed E-state index contributed by atoms with van der Waals surface area (Å²) >= 11 is 0. The first kappa shape index (κ1) is 15.7. The Morgan fingerprint density at radius 2 is 2.11 bits per heavy atom. The Hall–Kier alpha value is -1.34. The van der Waals surface area contributed by atoms with E-state index in [0.29, 0.717) is 6.42 Å². The van der Waals surface area contributed by atoms with Gasteiger partial charge in [-0.2, -0.15) is 0 Å². The van der Waals surface area contributed by atoms with E-state index in [1.54, 1.807) is 7.11 Å². The predicted molar refractivity (Wildman–Crippen MR) is 77.8 cm³/mol. The molecule has 0 fully saturated rings. The van der Waals surface area contributed by atoms with Crippen molar-refractivity contribution in [2.75, 3.05) is 33.4 Å². The van der Waals surface area contributed by atoms with Crippen LogP contribution < -0.4 is 0 Å². The van der Waals surface area contributed by atoms with Crippen LogP contribution in [0.2, 0.25) is 0 Å². The summed E-state index contributed by atoms with van der Waals surface area (Å²) in [4.78, 5) is 2.33. The summed E-state index contributed by atoms with van der Waals surface area (Å²) in [7, 11) is 1.72. The standard InChI is InChI=1S/C16H23NO2/c1-3-17(11-13-19-2)14-16-10-5-4-8-15(16)9-6-7-12-18/h4-5,8,10,18H,3,7,11-14H2,1-2H3. The van der Waals surface area contributed by atoms with E-state index in [-0.39, 0.29) is 6.61 Å². The molecule has 0 aliphatic heterocycles. The zero-order valence-electron chi connectivity index (χ0n) is 11.9. The van der Waals surface area contributed by atoms with Crippen molar-refractivity contribution < 1.29 is 9.84 Å². The number of rotatable bonds is 7. The highest BCUT2D eigenvalue weighted by Crippen LogP contribution is 2.10. The molecule has 0 aromatic heterocycles. The molecule has 0 aliphatic carbocycles. The van der Waals surface area contributed by atoms with E-state index in [1.165, 1.54) is 5.56 Å². The molecular formula is C16H23NO2. The minimum absolute atomic E-state index is 0.115. The Kier molecular flexibility index (Phi) is 7.92. The summed E-state index contributed by atoms with van der Waals surface area (Å²) in [6, 6.07) is 8.18. The van der Waals surface area contributed by atoms with Gasteiger partial charge in [-0.3, -0.25) is 4.90 Å². The Balaban J connectivity index is 2.73. The van der Waals surface area contributed by atoms with Crippen molar-refractivity contribution in [2.24, 2.45) is 0 Å². The first-order valence-corrected chi connectivity index (χ1v) is 6.70. The van der Waals surface area contributed by atoms with Crippen molar-refractivity contribution in [2.45, 2.75) is 19.9 Å². The molecule has 0 bridgehead atoms. The topological polar surface area (TPSA) is 32.7 Å². The quantitative estimate of drug-likeness (QED) is 0.761. The summed E-state index contributed by atoms with van der Waals surface area (Å²) in [6.45, 7) is 5.79. The number of hydrogen-bond acceptors (Lipinski definition) is 3. The highest BCUT2D eigenvalue weighted by Gasteiger charge is 2.06. The number of ether oxygens (including phenoxy) is 1. The molecule has 0 unspecified atom stereocenters. The molecular weight excluding hydrogens is 238 g/mol. The number of nitrogens with zero attached hydrogens (tertiary/aromatic N) is 1. The first-order chi connectivity index (χ1) is 9.31. The molecule has 0 spiro atoms. The van der Waals surface area contributed by atoms with Gasteiger partial charge in [0.25, 0.3) is 0 Å². The Labute approximate surface area is 116 Å². The lowest BCUT2D eigenvalue weighted by Gasteiger charge is -2.20. The fourth-order valence-electron chi connectivity index (χ4n) is 1.80. The minimum Gasteiger partial charge on any atom is -0.395 e. The van der Waals surface area contributed by atoms with Gasteiger partial charge in [-0.15, -0.1) is 0 Å². The molecule has 0 atom stereocenters. The number of benzene rings is 1. The monoisotopic (exact) mass is 261 g/mol.